The summed E-state index contributed by atoms with van der Waals surface area (Å²) in [6.07, 6.45) is 4.74. The van der Waals surface area contributed by atoms with Gasteiger partial charge in [0, 0.05) is 24.7 Å². The van der Waals surface area contributed by atoms with Crippen molar-refractivity contribution in [3.8, 4) is 5.75 Å². The molecule has 0 spiro atoms. The van der Waals surface area contributed by atoms with Gasteiger partial charge in [-0.15, -0.1) is 0 Å². The Hall–Kier alpha value is -2.04. The average Bonchev–Trinajstić information content (AvgIpc) is 2.99. The van der Waals surface area contributed by atoms with Crippen LogP contribution in [0.25, 0.3) is 0 Å². The molecule has 0 unspecified atom stereocenters. The molecule has 0 aromatic heterocycles. The zero-order chi connectivity index (χ0) is 17.1. The Morgan fingerprint density at radius 3 is 2.46 bits per heavy atom. The van der Waals surface area contributed by atoms with Gasteiger partial charge in [0.2, 0.25) is 11.8 Å². The Morgan fingerprint density at radius 2 is 1.83 bits per heavy atom. The maximum atomic E-state index is 12.5. The third kappa shape index (κ3) is 3.71. The fourth-order valence-electron chi connectivity index (χ4n) is 3.62. The van der Waals surface area contributed by atoms with E-state index >= 15 is 0 Å². The van der Waals surface area contributed by atoms with Gasteiger partial charge in [0.1, 0.15) is 5.75 Å². The van der Waals surface area contributed by atoms with Crippen LogP contribution in [0.4, 0.5) is 5.69 Å². The first-order valence-electron chi connectivity index (χ1n) is 8.81. The highest BCUT2D eigenvalue weighted by Crippen LogP contribution is 2.28. The molecule has 1 N–H and O–H groups in total. The zero-order valence-corrected chi connectivity index (χ0v) is 14.5. The number of benzene rings is 1. The number of rotatable bonds is 4. The van der Waals surface area contributed by atoms with Crippen molar-refractivity contribution in [1.82, 2.24) is 5.32 Å². The lowest BCUT2D eigenvalue weighted by Crippen LogP contribution is -2.41. The van der Waals surface area contributed by atoms with Crippen LogP contribution in [0.3, 0.4) is 0 Å². The first-order chi connectivity index (χ1) is 11.6. The fraction of sp³-hybridized carbons (Fsp3) is 0.579. The molecule has 5 heteroatoms. The standard InChI is InChI=1S/C19H26N2O3/c1-13-3-5-15(6-4-13)20-19(23)14-11-18(22)21(12-14)16-7-9-17(24-2)10-8-16/h7-10,13-15H,3-6,11-12H2,1-2H3,(H,20,23)/t13?,14-,15?/m0/s1. The summed E-state index contributed by atoms with van der Waals surface area (Å²) in [5, 5.41) is 3.15. The third-order valence-electron chi connectivity index (χ3n) is 5.24. The normalized spacial score (nSPS) is 27.2. The minimum atomic E-state index is -0.251. The van der Waals surface area contributed by atoms with Crippen molar-refractivity contribution >= 4 is 17.5 Å². The van der Waals surface area contributed by atoms with E-state index in [-0.39, 0.29) is 23.8 Å². The predicted octanol–water partition coefficient (Wildman–Crippen LogP) is 2.74. The second-order valence-corrected chi connectivity index (χ2v) is 7.07. The number of carbonyl (C=O) groups is 2. The first kappa shape index (κ1) is 16.8. The number of nitrogens with one attached hydrogen (secondary N) is 1. The Morgan fingerprint density at radius 1 is 1.17 bits per heavy atom. The molecular weight excluding hydrogens is 304 g/mol. The van der Waals surface area contributed by atoms with Gasteiger partial charge in [-0.2, -0.15) is 0 Å². The van der Waals surface area contributed by atoms with Crippen molar-refractivity contribution in [1.29, 1.82) is 0 Å². The smallest absolute Gasteiger partial charge is 0.227 e. The van der Waals surface area contributed by atoms with Gasteiger partial charge in [0.05, 0.1) is 13.0 Å². The largest absolute Gasteiger partial charge is 0.497 e. The van der Waals surface area contributed by atoms with Crippen LogP contribution in [0.5, 0.6) is 5.75 Å². The molecule has 2 aliphatic rings. The molecule has 0 bridgehead atoms. The molecule has 5 nitrogen and oxygen atoms in total. The molecule has 1 aliphatic carbocycles. The van der Waals surface area contributed by atoms with E-state index in [1.165, 1.54) is 12.8 Å². The molecule has 24 heavy (non-hydrogen) atoms. The van der Waals surface area contributed by atoms with Crippen molar-refractivity contribution in [2.75, 3.05) is 18.6 Å². The number of methoxy groups -OCH3 is 1. The molecule has 1 saturated heterocycles. The quantitative estimate of drug-likeness (QED) is 0.923. The van der Waals surface area contributed by atoms with Gasteiger partial charge >= 0.3 is 0 Å². The van der Waals surface area contributed by atoms with Crippen molar-refractivity contribution in [2.24, 2.45) is 11.8 Å². The molecule has 2 fully saturated rings. The summed E-state index contributed by atoms with van der Waals surface area (Å²) < 4.78 is 5.14. The summed E-state index contributed by atoms with van der Waals surface area (Å²) in [6, 6.07) is 7.66. The summed E-state index contributed by atoms with van der Waals surface area (Å²) in [4.78, 5) is 26.5. The van der Waals surface area contributed by atoms with E-state index < -0.39 is 0 Å². The molecule has 1 saturated carbocycles. The number of amides is 2. The van der Waals surface area contributed by atoms with Crippen molar-refractivity contribution in [3.63, 3.8) is 0 Å². The number of anilines is 1. The highest BCUT2D eigenvalue weighted by atomic mass is 16.5. The first-order valence-corrected chi connectivity index (χ1v) is 8.81. The van der Waals surface area contributed by atoms with E-state index in [2.05, 4.69) is 12.2 Å². The van der Waals surface area contributed by atoms with Gasteiger partial charge < -0.3 is 15.0 Å². The predicted molar refractivity (Wildman–Crippen MR) is 93.0 cm³/mol. The number of hydrogen-bond donors (Lipinski definition) is 1. The summed E-state index contributed by atoms with van der Waals surface area (Å²) in [7, 11) is 1.61. The Labute approximate surface area is 143 Å². The monoisotopic (exact) mass is 330 g/mol. The van der Waals surface area contributed by atoms with Gasteiger partial charge in [0.15, 0.2) is 0 Å². The van der Waals surface area contributed by atoms with Crippen LogP contribution in [0.15, 0.2) is 24.3 Å². The van der Waals surface area contributed by atoms with Crippen LogP contribution in [-0.4, -0.2) is 31.5 Å². The lowest BCUT2D eigenvalue weighted by Gasteiger charge is -2.27. The van der Waals surface area contributed by atoms with E-state index in [1.54, 1.807) is 12.0 Å². The van der Waals surface area contributed by atoms with E-state index in [4.69, 9.17) is 4.74 Å². The maximum absolute atomic E-state index is 12.5. The lowest BCUT2D eigenvalue weighted by atomic mass is 9.87. The fourth-order valence-corrected chi connectivity index (χ4v) is 3.62. The highest BCUT2D eigenvalue weighted by Gasteiger charge is 2.36. The molecule has 1 aromatic rings. The van der Waals surface area contributed by atoms with Crippen LogP contribution in [0.1, 0.15) is 39.0 Å². The molecule has 3 rings (SSSR count). The van der Waals surface area contributed by atoms with E-state index in [0.29, 0.717) is 13.0 Å². The summed E-state index contributed by atoms with van der Waals surface area (Å²) in [5.74, 6) is 1.30. The topological polar surface area (TPSA) is 58.6 Å². The van der Waals surface area contributed by atoms with Gasteiger partial charge in [-0.3, -0.25) is 9.59 Å². The summed E-state index contributed by atoms with van der Waals surface area (Å²) in [5.41, 5.74) is 0.822. The van der Waals surface area contributed by atoms with Crippen LogP contribution >= 0.6 is 0 Å². The molecule has 1 aromatic carbocycles. The second kappa shape index (κ2) is 7.24. The molecule has 2 amide bonds. The van der Waals surface area contributed by atoms with Crippen LogP contribution in [0, 0.1) is 11.8 Å². The Kier molecular flexibility index (Phi) is 5.07. The number of ether oxygens (including phenoxy) is 1. The Balaban J connectivity index is 1.58. The maximum Gasteiger partial charge on any atom is 0.227 e. The minimum Gasteiger partial charge on any atom is -0.497 e. The van der Waals surface area contributed by atoms with Crippen molar-refractivity contribution < 1.29 is 14.3 Å². The molecule has 0 radical (unpaired) electrons. The Bertz CT molecular complexity index is 591. The van der Waals surface area contributed by atoms with E-state index in [9.17, 15) is 9.59 Å². The number of carbonyl (C=O) groups excluding carboxylic acids is 2. The summed E-state index contributed by atoms with van der Waals surface area (Å²) >= 11 is 0. The van der Waals surface area contributed by atoms with E-state index in [1.807, 2.05) is 24.3 Å². The minimum absolute atomic E-state index is 0.0117. The zero-order valence-electron chi connectivity index (χ0n) is 14.5. The molecular formula is C19H26N2O3. The molecule has 130 valence electrons. The molecule has 1 atom stereocenters. The van der Waals surface area contributed by atoms with Gasteiger partial charge in [-0.25, -0.2) is 0 Å². The average molecular weight is 330 g/mol. The van der Waals surface area contributed by atoms with E-state index in [0.717, 1.165) is 30.2 Å². The summed E-state index contributed by atoms with van der Waals surface area (Å²) in [6.45, 7) is 2.72. The molecule has 1 aliphatic heterocycles. The van der Waals surface area contributed by atoms with Gasteiger partial charge in [-0.05, 0) is 55.9 Å². The van der Waals surface area contributed by atoms with Crippen LogP contribution in [-0.2, 0) is 9.59 Å². The third-order valence-corrected chi connectivity index (χ3v) is 5.24. The van der Waals surface area contributed by atoms with Gasteiger partial charge in [0.25, 0.3) is 0 Å². The lowest BCUT2D eigenvalue weighted by molar-refractivity contribution is -0.127. The highest BCUT2D eigenvalue weighted by molar-refractivity contribution is 6.00. The molecule has 1 heterocycles. The second-order valence-electron chi connectivity index (χ2n) is 7.07. The van der Waals surface area contributed by atoms with Crippen LogP contribution in [0.2, 0.25) is 0 Å². The van der Waals surface area contributed by atoms with Crippen molar-refractivity contribution in [2.45, 2.75) is 45.1 Å². The number of hydrogen-bond acceptors (Lipinski definition) is 3. The SMILES string of the molecule is COc1ccc(N2C[C@@H](C(=O)NC3CCC(C)CC3)CC2=O)cc1. The van der Waals surface area contributed by atoms with Gasteiger partial charge in [-0.1, -0.05) is 6.92 Å². The number of nitrogens with zero attached hydrogens (tertiary/aromatic N) is 1. The van der Waals surface area contributed by atoms with Crippen molar-refractivity contribution in [3.05, 3.63) is 24.3 Å². The van der Waals surface area contributed by atoms with Crippen LogP contribution < -0.4 is 15.0 Å².